The highest BCUT2D eigenvalue weighted by molar-refractivity contribution is 7.13. The SMILES string of the molecule is O=C(O)[C@H]1CN(Cc2cnc(-c3cccs3)nc2)CCO1. The van der Waals surface area contributed by atoms with Crippen molar-refractivity contribution in [2.75, 3.05) is 19.7 Å². The first-order valence-electron chi connectivity index (χ1n) is 6.64. The molecule has 0 radical (unpaired) electrons. The highest BCUT2D eigenvalue weighted by Gasteiger charge is 2.26. The lowest BCUT2D eigenvalue weighted by atomic mass is 10.2. The fraction of sp³-hybridized carbons (Fsp3) is 0.357. The molecule has 2 aromatic rings. The van der Waals surface area contributed by atoms with E-state index in [1.165, 1.54) is 0 Å². The summed E-state index contributed by atoms with van der Waals surface area (Å²) in [6.45, 7) is 2.18. The van der Waals surface area contributed by atoms with E-state index in [0.717, 1.165) is 22.8 Å². The smallest absolute Gasteiger partial charge is 0.334 e. The molecule has 110 valence electrons. The van der Waals surface area contributed by atoms with Crippen LogP contribution < -0.4 is 0 Å². The van der Waals surface area contributed by atoms with Gasteiger partial charge in [0, 0.05) is 37.6 Å². The van der Waals surface area contributed by atoms with Gasteiger partial charge >= 0.3 is 5.97 Å². The maximum Gasteiger partial charge on any atom is 0.334 e. The van der Waals surface area contributed by atoms with Crippen molar-refractivity contribution in [3.63, 3.8) is 0 Å². The Morgan fingerprint density at radius 3 is 2.95 bits per heavy atom. The van der Waals surface area contributed by atoms with Crippen molar-refractivity contribution in [3.05, 3.63) is 35.5 Å². The number of carboxylic acid groups (broad SMARTS) is 1. The molecule has 21 heavy (non-hydrogen) atoms. The average molecular weight is 305 g/mol. The molecule has 3 rings (SSSR count). The average Bonchev–Trinajstić information content (AvgIpc) is 3.02. The molecule has 6 nitrogen and oxygen atoms in total. The fourth-order valence-electron chi connectivity index (χ4n) is 2.22. The number of hydrogen-bond donors (Lipinski definition) is 1. The number of nitrogens with zero attached hydrogens (tertiary/aromatic N) is 3. The van der Waals surface area contributed by atoms with Gasteiger partial charge in [-0.2, -0.15) is 0 Å². The predicted octanol–water partition coefficient (Wildman–Crippen LogP) is 1.49. The van der Waals surface area contributed by atoms with Crippen molar-refractivity contribution >= 4 is 17.3 Å². The highest BCUT2D eigenvalue weighted by Crippen LogP contribution is 2.20. The summed E-state index contributed by atoms with van der Waals surface area (Å²) < 4.78 is 5.20. The summed E-state index contributed by atoms with van der Waals surface area (Å²) in [5.74, 6) is -0.192. The molecule has 7 heteroatoms. The molecule has 0 bridgehead atoms. The molecule has 1 fully saturated rings. The summed E-state index contributed by atoms with van der Waals surface area (Å²) in [5, 5.41) is 11.0. The molecule has 0 amide bonds. The van der Waals surface area contributed by atoms with Gasteiger partial charge in [-0.3, -0.25) is 4.90 Å². The van der Waals surface area contributed by atoms with E-state index in [-0.39, 0.29) is 0 Å². The van der Waals surface area contributed by atoms with Crippen LogP contribution in [0.3, 0.4) is 0 Å². The lowest BCUT2D eigenvalue weighted by Crippen LogP contribution is -2.45. The number of carbonyl (C=O) groups is 1. The van der Waals surface area contributed by atoms with Crippen LogP contribution in [0.1, 0.15) is 5.56 Å². The molecule has 3 heterocycles. The van der Waals surface area contributed by atoms with E-state index < -0.39 is 12.1 Å². The Bertz CT molecular complexity index is 600. The summed E-state index contributed by atoms with van der Waals surface area (Å²) in [5.41, 5.74) is 0.973. The van der Waals surface area contributed by atoms with Crippen molar-refractivity contribution in [1.29, 1.82) is 0 Å². The molecule has 0 spiro atoms. The van der Waals surface area contributed by atoms with Gasteiger partial charge in [-0.05, 0) is 11.4 Å². The minimum Gasteiger partial charge on any atom is -0.479 e. The van der Waals surface area contributed by atoms with E-state index in [9.17, 15) is 4.79 Å². The zero-order valence-electron chi connectivity index (χ0n) is 11.3. The predicted molar refractivity (Wildman–Crippen MR) is 78.0 cm³/mol. The molecule has 1 atom stereocenters. The molecule has 1 N–H and O–H groups in total. The molecule has 0 saturated carbocycles. The van der Waals surface area contributed by atoms with Crippen LogP contribution in [0.25, 0.3) is 10.7 Å². The third-order valence-corrected chi connectivity index (χ3v) is 4.14. The van der Waals surface area contributed by atoms with Gasteiger partial charge < -0.3 is 9.84 Å². The third kappa shape index (κ3) is 3.44. The maximum absolute atomic E-state index is 11.0. The minimum atomic E-state index is -0.913. The number of rotatable bonds is 4. The summed E-state index contributed by atoms with van der Waals surface area (Å²) >= 11 is 1.60. The molecule has 1 aliphatic rings. The highest BCUT2D eigenvalue weighted by atomic mass is 32.1. The Labute approximate surface area is 126 Å². The number of hydrogen-bond acceptors (Lipinski definition) is 6. The van der Waals surface area contributed by atoms with Gasteiger partial charge in [0.25, 0.3) is 0 Å². The topological polar surface area (TPSA) is 75.5 Å². The first-order valence-corrected chi connectivity index (χ1v) is 7.52. The molecular formula is C14H15N3O3S. The molecule has 1 aliphatic heterocycles. The molecule has 0 aromatic carbocycles. The Morgan fingerprint density at radius 2 is 2.29 bits per heavy atom. The lowest BCUT2D eigenvalue weighted by Gasteiger charge is -2.30. The van der Waals surface area contributed by atoms with E-state index >= 15 is 0 Å². The molecule has 2 aromatic heterocycles. The number of aliphatic carboxylic acids is 1. The van der Waals surface area contributed by atoms with E-state index in [0.29, 0.717) is 19.7 Å². The van der Waals surface area contributed by atoms with Gasteiger partial charge in [0.15, 0.2) is 11.9 Å². The second-order valence-corrected chi connectivity index (χ2v) is 5.77. The maximum atomic E-state index is 11.0. The van der Waals surface area contributed by atoms with E-state index in [1.54, 1.807) is 23.7 Å². The first kappa shape index (κ1) is 14.1. The van der Waals surface area contributed by atoms with Gasteiger partial charge in [0.2, 0.25) is 0 Å². The van der Waals surface area contributed by atoms with Gasteiger partial charge in [-0.15, -0.1) is 11.3 Å². The molecule has 0 aliphatic carbocycles. The molecule has 1 saturated heterocycles. The van der Waals surface area contributed by atoms with Crippen LogP contribution >= 0.6 is 11.3 Å². The summed E-state index contributed by atoms with van der Waals surface area (Å²) in [6.07, 6.45) is 2.85. The Morgan fingerprint density at radius 1 is 1.48 bits per heavy atom. The van der Waals surface area contributed by atoms with Crippen LogP contribution in [-0.2, 0) is 16.1 Å². The monoisotopic (exact) mass is 305 g/mol. The van der Waals surface area contributed by atoms with Crippen molar-refractivity contribution in [2.45, 2.75) is 12.6 Å². The Balaban J connectivity index is 1.64. The van der Waals surface area contributed by atoms with E-state index in [2.05, 4.69) is 9.97 Å². The first-order chi connectivity index (χ1) is 10.2. The van der Waals surface area contributed by atoms with E-state index in [1.807, 2.05) is 22.4 Å². The Hall–Kier alpha value is -1.83. The third-order valence-electron chi connectivity index (χ3n) is 3.28. The quantitative estimate of drug-likeness (QED) is 0.922. The number of ether oxygens (including phenoxy) is 1. The van der Waals surface area contributed by atoms with Crippen LogP contribution in [0.5, 0.6) is 0 Å². The zero-order valence-corrected chi connectivity index (χ0v) is 12.1. The number of morpholine rings is 1. The van der Waals surface area contributed by atoms with Crippen LogP contribution in [-0.4, -0.2) is 51.7 Å². The number of thiophene rings is 1. The second kappa shape index (κ2) is 6.30. The zero-order chi connectivity index (χ0) is 14.7. The molecular weight excluding hydrogens is 290 g/mol. The van der Waals surface area contributed by atoms with Crippen molar-refractivity contribution < 1.29 is 14.6 Å². The van der Waals surface area contributed by atoms with Crippen molar-refractivity contribution in [1.82, 2.24) is 14.9 Å². The van der Waals surface area contributed by atoms with Crippen LogP contribution in [0.2, 0.25) is 0 Å². The van der Waals surface area contributed by atoms with Gasteiger partial charge in [-0.1, -0.05) is 6.07 Å². The van der Waals surface area contributed by atoms with Crippen LogP contribution in [0, 0.1) is 0 Å². The van der Waals surface area contributed by atoms with Crippen molar-refractivity contribution in [3.8, 4) is 10.7 Å². The Kier molecular flexibility index (Phi) is 4.23. The molecule has 0 unspecified atom stereocenters. The standard InChI is InChI=1S/C14H15N3O3S/c18-14(19)11-9-17(3-4-20-11)8-10-6-15-13(16-7-10)12-2-1-5-21-12/h1-2,5-7,11H,3-4,8-9H2,(H,18,19)/t11-/m1/s1. The lowest BCUT2D eigenvalue weighted by molar-refractivity contribution is -0.156. The largest absolute Gasteiger partial charge is 0.479 e. The van der Waals surface area contributed by atoms with Crippen molar-refractivity contribution in [2.24, 2.45) is 0 Å². The van der Waals surface area contributed by atoms with Gasteiger partial charge in [0.1, 0.15) is 0 Å². The van der Waals surface area contributed by atoms with Crippen LogP contribution in [0.4, 0.5) is 0 Å². The van der Waals surface area contributed by atoms with Gasteiger partial charge in [0.05, 0.1) is 11.5 Å². The minimum absolute atomic E-state index is 0.391. The summed E-state index contributed by atoms with van der Waals surface area (Å²) in [4.78, 5) is 22.8. The number of aromatic nitrogens is 2. The number of carboxylic acids is 1. The van der Waals surface area contributed by atoms with Crippen LogP contribution in [0.15, 0.2) is 29.9 Å². The summed E-state index contributed by atoms with van der Waals surface area (Å²) in [7, 11) is 0. The normalized spacial score (nSPS) is 19.5. The summed E-state index contributed by atoms with van der Waals surface area (Å²) in [6, 6.07) is 3.95. The fourth-order valence-corrected chi connectivity index (χ4v) is 2.89. The van der Waals surface area contributed by atoms with E-state index in [4.69, 9.17) is 9.84 Å². The second-order valence-electron chi connectivity index (χ2n) is 4.83. The van der Waals surface area contributed by atoms with Gasteiger partial charge in [-0.25, -0.2) is 14.8 Å².